The Kier molecular flexibility index (Phi) is 13.2. The minimum Gasteiger partial charge on any atom is -0.309 e. The van der Waals surface area contributed by atoms with Gasteiger partial charge in [0.05, 0.1) is 61.9 Å². The van der Waals surface area contributed by atoms with Crippen molar-refractivity contribution < 1.29 is 9.15 Å². The van der Waals surface area contributed by atoms with Gasteiger partial charge in [-0.05, 0) is 19.9 Å². The van der Waals surface area contributed by atoms with E-state index < -0.39 is 0 Å². The third-order valence-electron chi connectivity index (χ3n) is 4.50. The van der Waals surface area contributed by atoms with Crippen LogP contribution < -0.4 is 5.32 Å². The molecule has 0 aromatic rings. The predicted octanol–water partition coefficient (Wildman–Crippen LogP) is 1.27. The minimum atomic E-state index is 0.906. The van der Waals surface area contributed by atoms with Crippen LogP contribution in [0.5, 0.6) is 0 Å². The van der Waals surface area contributed by atoms with Crippen LogP contribution in [-0.4, -0.2) is 118 Å². The second-order valence-corrected chi connectivity index (χ2v) is 7.61. The summed E-state index contributed by atoms with van der Waals surface area (Å²) in [7, 11) is 14.9. The molecule has 0 amide bonds. The maximum absolute atomic E-state index is 3.33. The van der Waals surface area contributed by atoms with Crippen LogP contribution in [0.4, 0.5) is 0 Å². The van der Waals surface area contributed by atoms with Gasteiger partial charge < -0.3 is 5.32 Å². The molecule has 0 aliphatic rings. The van der Waals surface area contributed by atoms with Crippen molar-refractivity contribution in [1.82, 2.24) is 20.0 Å². The Hall–Kier alpha value is -1.30. The van der Waals surface area contributed by atoms with Crippen molar-refractivity contribution in [2.75, 3.05) is 82.1 Å². The van der Waals surface area contributed by atoms with E-state index in [1.54, 1.807) is 0 Å². The normalized spacial score (nSPS) is 11.9. The van der Waals surface area contributed by atoms with Crippen LogP contribution in [0.3, 0.4) is 0 Å². The first-order chi connectivity index (χ1) is 12.3. The van der Waals surface area contributed by atoms with Crippen molar-refractivity contribution in [3.05, 3.63) is 0 Å². The van der Waals surface area contributed by atoms with Gasteiger partial charge in [-0.2, -0.15) is 0 Å². The molecule has 0 rings (SSSR count). The Labute approximate surface area is 163 Å². The van der Waals surface area contributed by atoms with Crippen LogP contribution in [-0.2, 0) is 0 Å². The van der Waals surface area contributed by atoms with E-state index in [9.17, 15) is 0 Å². The molecule has 1 N–H and O–H groups in total. The second-order valence-electron chi connectivity index (χ2n) is 7.61. The molecule has 154 valence electrons. The zero-order valence-electron chi connectivity index (χ0n) is 19.1. The molecule has 0 aliphatic heterocycles. The van der Waals surface area contributed by atoms with Gasteiger partial charge >= 0.3 is 5.96 Å². The summed E-state index contributed by atoms with van der Waals surface area (Å²) in [6.45, 7) is 9.74. The maximum atomic E-state index is 3.33. The Morgan fingerprint density at radius 2 is 1.15 bits per heavy atom. The van der Waals surface area contributed by atoms with Gasteiger partial charge in [0.25, 0.3) is 5.84 Å². The second kappa shape index (κ2) is 13.8. The fourth-order valence-electron chi connectivity index (χ4n) is 3.30. The summed E-state index contributed by atoms with van der Waals surface area (Å²) >= 11 is 0. The van der Waals surface area contributed by atoms with Gasteiger partial charge in [-0.15, -0.1) is 0 Å². The van der Waals surface area contributed by atoms with E-state index in [0.29, 0.717) is 0 Å². The molecule has 26 heavy (non-hydrogen) atoms. The van der Waals surface area contributed by atoms with E-state index in [4.69, 9.17) is 0 Å². The molecule has 0 saturated heterocycles. The highest BCUT2D eigenvalue weighted by molar-refractivity contribution is 5.79. The molecule has 0 saturated carbocycles. The molecule has 0 unspecified atom stereocenters. The van der Waals surface area contributed by atoms with Crippen LogP contribution in [0, 0.1) is 0 Å². The fourth-order valence-corrected chi connectivity index (χ4v) is 3.30. The lowest BCUT2D eigenvalue weighted by Gasteiger charge is -2.23. The standard InChI is InChI=1S/C20H46N6/c1-10-12-14-25(19(18-21-3)22(4)5)16-17-26(15-13-11-2)20(23(6)7)24(8)9/h21H,10-18H2,1-9H3/q+2. The van der Waals surface area contributed by atoms with E-state index >= 15 is 0 Å². The van der Waals surface area contributed by atoms with Crippen LogP contribution in [0.2, 0.25) is 0 Å². The molecular formula is C20H46N6+2. The lowest BCUT2D eigenvalue weighted by Crippen LogP contribution is -2.46. The number of hydrogen-bond donors (Lipinski definition) is 1. The van der Waals surface area contributed by atoms with Crippen molar-refractivity contribution >= 4 is 11.8 Å². The number of likely N-dealkylation sites (N-methyl/N-ethyl adjacent to an activating group) is 2. The molecule has 0 fully saturated rings. The molecule has 0 aromatic carbocycles. The molecule has 0 bridgehead atoms. The molecule has 0 atom stereocenters. The average molecular weight is 371 g/mol. The van der Waals surface area contributed by atoms with Crippen LogP contribution in [0.1, 0.15) is 39.5 Å². The van der Waals surface area contributed by atoms with Crippen molar-refractivity contribution in [2.45, 2.75) is 39.5 Å². The van der Waals surface area contributed by atoms with E-state index in [1.807, 2.05) is 7.05 Å². The average Bonchev–Trinajstić information content (AvgIpc) is 2.56. The van der Waals surface area contributed by atoms with Crippen LogP contribution in [0.15, 0.2) is 0 Å². The monoisotopic (exact) mass is 370 g/mol. The highest BCUT2D eigenvalue weighted by Gasteiger charge is 2.21. The Balaban J connectivity index is 5.63. The number of amidine groups is 1. The Bertz CT molecular complexity index is 428. The van der Waals surface area contributed by atoms with Gasteiger partial charge in [-0.3, -0.25) is 23.9 Å². The number of guanidine groups is 1. The minimum absolute atomic E-state index is 0.906. The largest absolute Gasteiger partial charge is 0.349 e. The molecule has 0 heterocycles. The third-order valence-corrected chi connectivity index (χ3v) is 4.50. The number of unbranched alkanes of at least 4 members (excludes halogenated alkanes) is 2. The maximum Gasteiger partial charge on any atom is 0.349 e. The SMILES string of the molecule is CCCC[N+](CC/[N+](CCCC)=C(/CNC)N(C)C)=C(N(C)C)N(C)C. The number of rotatable bonds is 11. The zero-order chi connectivity index (χ0) is 20.1. The first-order valence-electron chi connectivity index (χ1n) is 10.2. The first-order valence-corrected chi connectivity index (χ1v) is 10.2. The van der Waals surface area contributed by atoms with Gasteiger partial charge in [-0.25, -0.2) is 0 Å². The van der Waals surface area contributed by atoms with E-state index in [0.717, 1.165) is 32.7 Å². The Morgan fingerprint density at radius 1 is 0.692 bits per heavy atom. The number of nitrogens with zero attached hydrogens (tertiary/aromatic N) is 5. The zero-order valence-corrected chi connectivity index (χ0v) is 19.1. The highest BCUT2D eigenvalue weighted by atomic mass is 15.4. The van der Waals surface area contributed by atoms with Crippen molar-refractivity contribution in [2.24, 2.45) is 0 Å². The summed E-state index contributed by atoms with van der Waals surface area (Å²) < 4.78 is 5.09. The summed E-state index contributed by atoms with van der Waals surface area (Å²) in [5, 5.41) is 3.33. The third kappa shape index (κ3) is 8.88. The van der Waals surface area contributed by atoms with E-state index in [-0.39, 0.29) is 0 Å². The van der Waals surface area contributed by atoms with Gasteiger partial charge in [0.1, 0.15) is 13.1 Å². The number of hydrogen-bond acceptors (Lipinski definition) is 1. The lowest BCUT2D eigenvalue weighted by molar-refractivity contribution is -0.605. The fraction of sp³-hybridized carbons (Fsp3) is 0.900. The quantitative estimate of drug-likeness (QED) is 0.337. The molecule has 0 aromatic heterocycles. The van der Waals surface area contributed by atoms with Crippen molar-refractivity contribution in [3.63, 3.8) is 0 Å². The summed E-state index contributed by atoms with van der Waals surface area (Å²) in [6, 6.07) is 0. The smallest absolute Gasteiger partial charge is 0.309 e. The predicted molar refractivity (Wildman–Crippen MR) is 115 cm³/mol. The molecule has 0 spiro atoms. The summed E-state index contributed by atoms with van der Waals surface area (Å²) in [4.78, 5) is 6.72. The summed E-state index contributed by atoms with van der Waals surface area (Å²) in [6.07, 6.45) is 4.90. The van der Waals surface area contributed by atoms with Crippen molar-refractivity contribution in [3.8, 4) is 0 Å². The van der Waals surface area contributed by atoms with Gasteiger partial charge in [-0.1, -0.05) is 26.7 Å². The molecular weight excluding hydrogens is 324 g/mol. The summed E-state index contributed by atoms with van der Waals surface area (Å²) in [5.74, 6) is 2.65. The number of nitrogens with one attached hydrogen (secondary N) is 1. The van der Waals surface area contributed by atoms with E-state index in [2.05, 4.69) is 85.3 Å². The lowest BCUT2D eigenvalue weighted by atomic mass is 10.3. The summed E-state index contributed by atoms with van der Waals surface area (Å²) in [5.41, 5.74) is 0. The molecule has 6 heteroatoms. The van der Waals surface area contributed by atoms with Crippen LogP contribution >= 0.6 is 0 Å². The van der Waals surface area contributed by atoms with Crippen LogP contribution in [0.25, 0.3) is 0 Å². The first kappa shape index (κ1) is 24.7. The van der Waals surface area contributed by atoms with Gasteiger partial charge in [0.2, 0.25) is 0 Å². The van der Waals surface area contributed by atoms with Gasteiger partial charge in [0.15, 0.2) is 0 Å². The van der Waals surface area contributed by atoms with E-state index in [1.165, 1.54) is 37.5 Å². The molecule has 6 nitrogen and oxygen atoms in total. The molecule has 0 aliphatic carbocycles. The highest BCUT2D eigenvalue weighted by Crippen LogP contribution is 1.98. The topological polar surface area (TPSA) is 27.8 Å². The molecule has 0 radical (unpaired) electrons. The van der Waals surface area contributed by atoms with Crippen molar-refractivity contribution in [1.29, 1.82) is 0 Å². The Morgan fingerprint density at radius 3 is 1.54 bits per heavy atom. The van der Waals surface area contributed by atoms with Gasteiger partial charge in [0, 0.05) is 0 Å².